The number of aryl methyl sites for hydroxylation is 1. The van der Waals surface area contributed by atoms with E-state index in [0.717, 1.165) is 16.4 Å². The minimum Gasteiger partial charge on any atom is -0.297 e. The molecular weight excluding hydrogens is 328 g/mol. The van der Waals surface area contributed by atoms with E-state index in [9.17, 15) is 8.42 Å². The van der Waals surface area contributed by atoms with Crippen LogP contribution in [-0.2, 0) is 14.9 Å². The normalized spacial score (nSPS) is 29.0. The van der Waals surface area contributed by atoms with Crippen LogP contribution in [0.1, 0.15) is 15.8 Å². The summed E-state index contributed by atoms with van der Waals surface area (Å²) in [6, 6.07) is 3.85. The lowest BCUT2D eigenvalue weighted by Crippen LogP contribution is -2.45. The number of nitrogens with zero attached hydrogens (tertiary/aromatic N) is 2. The van der Waals surface area contributed by atoms with E-state index < -0.39 is 15.3 Å². The van der Waals surface area contributed by atoms with Gasteiger partial charge in [-0.3, -0.25) is 4.84 Å². The highest BCUT2D eigenvalue weighted by Crippen LogP contribution is 2.38. The zero-order valence-corrected chi connectivity index (χ0v) is 14.6. The molecule has 0 amide bonds. The third kappa shape index (κ3) is 3.02. The number of thioether (sulfide) groups is 1. The lowest BCUT2D eigenvalue weighted by molar-refractivity contribution is -0.110. The average Bonchev–Trinajstić information content (AvgIpc) is 3.06. The van der Waals surface area contributed by atoms with Crippen LogP contribution in [0.4, 0.5) is 0 Å². The van der Waals surface area contributed by atoms with Crippen molar-refractivity contribution in [2.45, 2.75) is 18.2 Å². The Balaban J connectivity index is 1.89. The molecule has 0 spiro atoms. The van der Waals surface area contributed by atoms with Crippen LogP contribution in [0.3, 0.4) is 0 Å². The molecule has 8 heteroatoms. The van der Waals surface area contributed by atoms with Gasteiger partial charge in [-0.2, -0.15) is 21.1 Å². The Bertz CT molecular complexity index is 596. The molecule has 0 bridgehead atoms. The van der Waals surface area contributed by atoms with Gasteiger partial charge in [0.25, 0.3) is 0 Å². The number of thiophene rings is 1. The van der Waals surface area contributed by atoms with Crippen LogP contribution in [-0.4, -0.2) is 61.3 Å². The van der Waals surface area contributed by atoms with Crippen molar-refractivity contribution in [3.8, 4) is 0 Å². The SMILES string of the molecule is Cc1ccc(C2C(S(=O)(=O)N3CCSCC3)CON2C)s1. The Morgan fingerprint density at radius 1 is 1.29 bits per heavy atom. The van der Waals surface area contributed by atoms with Gasteiger partial charge in [-0.05, 0) is 19.1 Å². The maximum Gasteiger partial charge on any atom is 0.221 e. The largest absolute Gasteiger partial charge is 0.297 e. The summed E-state index contributed by atoms with van der Waals surface area (Å²) in [6.45, 7) is 3.51. The molecule has 0 aromatic carbocycles. The van der Waals surface area contributed by atoms with Gasteiger partial charge in [-0.15, -0.1) is 11.3 Å². The maximum absolute atomic E-state index is 12.9. The lowest BCUT2D eigenvalue weighted by atomic mass is 10.2. The summed E-state index contributed by atoms with van der Waals surface area (Å²) in [6.07, 6.45) is 0. The maximum atomic E-state index is 12.9. The van der Waals surface area contributed by atoms with E-state index >= 15 is 0 Å². The van der Waals surface area contributed by atoms with Crippen molar-refractivity contribution in [2.75, 3.05) is 38.2 Å². The van der Waals surface area contributed by atoms with Crippen molar-refractivity contribution in [3.05, 3.63) is 21.9 Å². The monoisotopic (exact) mass is 348 g/mol. The summed E-state index contributed by atoms with van der Waals surface area (Å²) in [7, 11) is -1.50. The van der Waals surface area contributed by atoms with E-state index in [0.29, 0.717) is 13.1 Å². The molecule has 2 aliphatic rings. The fourth-order valence-corrected chi connectivity index (χ4v) is 7.06. The van der Waals surface area contributed by atoms with Gasteiger partial charge in [-0.25, -0.2) is 8.42 Å². The molecule has 2 aliphatic heterocycles. The lowest BCUT2D eigenvalue weighted by Gasteiger charge is -2.30. The third-order valence-corrected chi connectivity index (χ3v) is 8.21. The topological polar surface area (TPSA) is 49.9 Å². The fraction of sp³-hybridized carbons (Fsp3) is 0.692. The zero-order valence-electron chi connectivity index (χ0n) is 12.2. The quantitative estimate of drug-likeness (QED) is 0.832. The molecule has 0 aliphatic carbocycles. The fourth-order valence-electron chi connectivity index (χ4n) is 2.81. The minimum absolute atomic E-state index is 0.205. The molecule has 2 fully saturated rings. The molecule has 3 rings (SSSR count). The van der Waals surface area contributed by atoms with Gasteiger partial charge in [0, 0.05) is 41.4 Å². The molecule has 21 heavy (non-hydrogen) atoms. The van der Waals surface area contributed by atoms with Crippen LogP contribution in [0.2, 0.25) is 0 Å². The van der Waals surface area contributed by atoms with Crippen molar-refractivity contribution >= 4 is 33.1 Å². The highest BCUT2D eigenvalue weighted by molar-refractivity contribution is 7.99. The molecule has 118 valence electrons. The molecule has 1 aromatic heterocycles. The summed E-state index contributed by atoms with van der Waals surface area (Å²) in [5, 5.41) is 1.19. The summed E-state index contributed by atoms with van der Waals surface area (Å²) >= 11 is 3.46. The van der Waals surface area contributed by atoms with E-state index in [-0.39, 0.29) is 12.6 Å². The molecule has 0 radical (unpaired) electrons. The van der Waals surface area contributed by atoms with Crippen LogP contribution >= 0.6 is 23.1 Å². The van der Waals surface area contributed by atoms with E-state index in [1.165, 1.54) is 4.88 Å². The van der Waals surface area contributed by atoms with Gasteiger partial charge in [0.1, 0.15) is 5.25 Å². The summed E-state index contributed by atoms with van der Waals surface area (Å²) in [5.41, 5.74) is 0. The molecule has 0 N–H and O–H groups in total. The highest BCUT2D eigenvalue weighted by Gasteiger charge is 2.46. The van der Waals surface area contributed by atoms with E-state index in [4.69, 9.17) is 4.84 Å². The first kappa shape index (κ1) is 15.8. The third-order valence-electron chi connectivity index (χ3n) is 3.95. The summed E-state index contributed by atoms with van der Waals surface area (Å²) in [4.78, 5) is 7.80. The minimum atomic E-state index is -3.32. The van der Waals surface area contributed by atoms with Crippen molar-refractivity contribution in [3.63, 3.8) is 0 Å². The van der Waals surface area contributed by atoms with Crippen LogP contribution in [0, 0.1) is 6.92 Å². The molecule has 3 heterocycles. The van der Waals surface area contributed by atoms with E-state index in [1.54, 1.807) is 20.7 Å². The number of hydrogen-bond donors (Lipinski definition) is 0. The van der Waals surface area contributed by atoms with Gasteiger partial charge in [-0.1, -0.05) is 0 Å². The van der Waals surface area contributed by atoms with E-state index in [2.05, 4.69) is 0 Å². The molecule has 1 aromatic rings. The molecule has 2 atom stereocenters. The van der Waals surface area contributed by atoms with Crippen molar-refractivity contribution in [1.29, 1.82) is 0 Å². The zero-order chi connectivity index (χ0) is 15.0. The standard InChI is InChI=1S/C13H20N2O3S3/c1-10-3-4-11(20-10)13-12(9-18-14(13)2)21(16,17)15-5-7-19-8-6-15/h3-4,12-13H,5-9H2,1-2H3. The first-order valence-corrected chi connectivity index (χ1v) is 10.5. The van der Waals surface area contributed by atoms with Crippen LogP contribution in [0.25, 0.3) is 0 Å². The van der Waals surface area contributed by atoms with Crippen molar-refractivity contribution in [2.24, 2.45) is 0 Å². The smallest absolute Gasteiger partial charge is 0.221 e. The van der Waals surface area contributed by atoms with Gasteiger partial charge in [0.2, 0.25) is 10.0 Å². The number of hydroxylamine groups is 2. The van der Waals surface area contributed by atoms with Gasteiger partial charge >= 0.3 is 0 Å². The van der Waals surface area contributed by atoms with Gasteiger partial charge in [0.15, 0.2) is 0 Å². The first-order valence-electron chi connectivity index (χ1n) is 6.99. The highest BCUT2D eigenvalue weighted by atomic mass is 32.2. The van der Waals surface area contributed by atoms with E-state index in [1.807, 2.05) is 37.9 Å². The Hall–Kier alpha value is -0.120. The predicted octanol–water partition coefficient (Wildman–Crippen LogP) is 1.72. The molecular formula is C13H20N2O3S3. The van der Waals surface area contributed by atoms with Crippen molar-refractivity contribution < 1.29 is 13.3 Å². The Morgan fingerprint density at radius 2 is 2.00 bits per heavy atom. The Kier molecular flexibility index (Phi) is 4.63. The van der Waals surface area contributed by atoms with Crippen LogP contribution in [0.15, 0.2) is 12.1 Å². The summed E-state index contributed by atoms with van der Waals surface area (Å²) < 4.78 is 27.5. The first-order chi connectivity index (χ1) is 10.00. The average molecular weight is 349 g/mol. The Morgan fingerprint density at radius 3 is 2.62 bits per heavy atom. The second-order valence-corrected chi connectivity index (χ2v) is 10.0. The molecule has 0 saturated carbocycles. The Labute approximate surface area is 134 Å². The molecule has 2 unspecified atom stereocenters. The van der Waals surface area contributed by atoms with Gasteiger partial charge in [0.05, 0.1) is 12.6 Å². The number of sulfonamides is 1. The number of rotatable bonds is 3. The summed E-state index contributed by atoms with van der Waals surface area (Å²) in [5.74, 6) is 1.76. The molecule has 5 nitrogen and oxygen atoms in total. The van der Waals surface area contributed by atoms with Crippen LogP contribution in [0.5, 0.6) is 0 Å². The number of hydrogen-bond acceptors (Lipinski definition) is 6. The predicted molar refractivity (Wildman–Crippen MR) is 87.1 cm³/mol. The van der Waals surface area contributed by atoms with Crippen LogP contribution < -0.4 is 0 Å². The van der Waals surface area contributed by atoms with Crippen molar-refractivity contribution in [1.82, 2.24) is 9.37 Å². The second-order valence-electron chi connectivity index (χ2n) is 5.33. The second kappa shape index (κ2) is 6.17. The molecule has 2 saturated heterocycles. The van der Waals surface area contributed by atoms with Gasteiger partial charge < -0.3 is 0 Å².